The number of rotatable bonds is 6. The van der Waals surface area contributed by atoms with E-state index in [0.717, 1.165) is 5.56 Å². The lowest BCUT2D eigenvalue weighted by Gasteiger charge is -2.08. The number of aromatic nitrogens is 2. The van der Waals surface area contributed by atoms with Gasteiger partial charge in [-0.1, -0.05) is 18.2 Å². The zero-order chi connectivity index (χ0) is 15.9. The SMILES string of the molecule is C=CCS(=O)c1cc(/C=C/c2ccc(=O)[nH]n2)ccc1OC. The van der Waals surface area contributed by atoms with Crippen LogP contribution in [-0.4, -0.2) is 27.3 Å². The molecule has 0 fully saturated rings. The van der Waals surface area contributed by atoms with Gasteiger partial charge in [-0.05, 0) is 29.8 Å². The van der Waals surface area contributed by atoms with Crippen molar-refractivity contribution in [3.05, 3.63) is 64.6 Å². The summed E-state index contributed by atoms with van der Waals surface area (Å²) in [6.45, 7) is 3.60. The molecule has 6 heteroatoms. The molecule has 0 aliphatic rings. The number of methoxy groups -OCH3 is 1. The summed E-state index contributed by atoms with van der Waals surface area (Å²) < 4.78 is 17.4. The van der Waals surface area contributed by atoms with E-state index in [0.29, 0.717) is 22.1 Å². The lowest BCUT2D eigenvalue weighted by Crippen LogP contribution is -2.05. The van der Waals surface area contributed by atoms with Crippen molar-refractivity contribution in [3.8, 4) is 5.75 Å². The van der Waals surface area contributed by atoms with E-state index in [2.05, 4.69) is 16.8 Å². The van der Waals surface area contributed by atoms with Gasteiger partial charge in [-0.15, -0.1) is 6.58 Å². The smallest absolute Gasteiger partial charge is 0.264 e. The predicted octanol–water partition coefficient (Wildman–Crippen LogP) is 2.24. The maximum absolute atomic E-state index is 12.2. The van der Waals surface area contributed by atoms with Crippen LogP contribution in [0.5, 0.6) is 5.75 Å². The van der Waals surface area contributed by atoms with Crippen molar-refractivity contribution >= 4 is 23.0 Å². The van der Waals surface area contributed by atoms with Crippen molar-refractivity contribution < 1.29 is 8.95 Å². The number of hydrogen-bond donors (Lipinski definition) is 1. The molecule has 1 aromatic carbocycles. The van der Waals surface area contributed by atoms with Crippen LogP contribution in [0, 0.1) is 0 Å². The van der Waals surface area contributed by atoms with Gasteiger partial charge in [0.1, 0.15) is 5.75 Å². The van der Waals surface area contributed by atoms with Gasteiger partial charge in [0.15, 0.2) is 0 Å². The quantitative estimate of drug-likeness (QED) is 0.830. The van der Waals surface area contributed by atoms with Crippen LogP contribution in [-0.2, 0) is 10.8 Å². The molecule has 1 unspecified atom stereocenters. The van der Waals surface area contributed by atoms with E-state index in [-0.39, 0.29) is 5.56 Å². The molecule has 1 atom stereocenters. The predicted molar refractivity (Wildman–Crippen MR) is 88.3 cm³/mol. The van der Waals surface area contributed by atoms with Crippen molar-refractivity contribution in [1.29, 1.82) is 0 Å². The Bertz CT molecular complexity index is 761. The Balaban J connectivity index is 2.29. The second-order valence-electron chi connectivity index (χ2n) is 4.39. The van der Waals surface area contributed by atoms with Gasteiger partial charge >= 0.3 is 0 Å². The van der Waals surface area contributed by atoms with Crippen molar-refractivity contribution in [2.45, 2.75) is 4.90 Å². The van der Waals surface area contributed by atoms with Gasteiger partial charge in [0.05, 0.1) is 28.5 Å². The minimum atomic E-state index is -1.20. The first kappa shape index (κ1) is 15.9. The summed E-state index contributed by atoms with van der Waals surface area (Å²) in [5, 5.41) is 6.26. The summed E-state index contributed by atoms with van der Waals surface area (Å²) >= 11 is 0. The second kappa shape index (κ2) is 7.51. The molecule has 0 radical (unpaired) electrons. The summed E-state index contributed by atoms with van der Waals surface area (Å²) in [5.41, 5.74) is 1.24. The number of benzene rings is 1. The maximum Gasteiger partial charge on any atom is 0.264 e. The third-order valence-corrected chi connectivity index (χ3v) is 4.20. The number of nitrogens with zero attached hydrogens (tertiary/aromatic N) is 1. The summed E-state index contributed by atoms with van der Waals surface area (Å²) in [6, 6.07) is 8.47. The number of ether oxygens (including phenoxy) is 1. The molecule has 22 heavy (non-hydrogen) atoms. The molecule has 0 saturated heterocycles. The minimum Gasteiger partial charge on any atom is -0.495 e. The van der Waals surface area contributed by atoms with Crippen LogP contribution in [0.1, 0.15) is 11.3 Å². The first-order chi connectivity index (χ1) is 10.6. The van der Waals surface area contributed by atoms with Crippen molar-refractivity contribution in [1.82, 2.24) is 10.2 Å². The Morgan fingerprint density at radius 1 is 1.32 bits per heavy atom. The van der Waals surface area contributed by atoms with Crippen molar-refractivity contribution in [2.24, 2.45) is 0 Å². The minimum absolute atomic E-state index is 0.247. The molecular formula is C16H16N2O3S. The van der Waals surface area contributed by atoms with E-state index in [1.807, 2.05) is 12.1 Å². The molecule has 1 aromatic heterocycles. The number of hydrogen-bond acceptors (Lipinski definition) is 4. The van der Waals surface area contributed by atoms with Crippen LogP contribution in [0.3, 0.4) is 0 Å². The average molecular weight is 316 g/mol. The first-order valence-corrected chi connectivity index (χ1v) is 7.87. The molecular weight excluding hydrogens is 300 g/mol. The fourth-order valence-corrected chi connectivity index (χ4v) is 2.84. The Morgan fingerprint density at radius 2 is 2.14 bits per heavy atom. The highest BCUT2D eigenvalue weighted by Gasteiger charge is 2.09. The Morgan fingerprint density at radius 3 is 2.77 bits per heavy atom. The number of aromatic amines is 1. The third kappa shape index (κ3) is 4.02. The van der Waals surface area contributed by atoms with Gasteiger partial charge in [0.2, 0.25) is 0 Å². The van der Waals surface area contributed by atoms with Crippen LogP contribution in [0.25, 0.3) is 12.2 Å². The van der Waals surface area contributed by atoms with Gasteiger partial charge in [-0.25, -0.2) is 5.10 Å². The summed E-state index contributed by atoms with van der Waals surface area (Å²) in [7, 11) is 0.349. The molecule has 1 heterocycles. The standard InChI is InChI=1S/C16H16N2O3S/c1-3-10-22(20)15-11-12(5-8-14(15)21-2)4-6-13-7-9-16(19)18-17-13/h3-9,11H,1,10H2,2H3,(H,18,19)/b6-4+. The van der Waals surface area contributed by atoms with Crippen LogP contribution >= 0.6 is 0 Å². The fourth-order valence-electron chi connectivity index (χ4n) is 1.80. The van der Waals surface area contributed by atoms with Crippen molar-refractivity contribution in [2.75, 3.05) is 12.9 Å². The van der Waals surface area contributed by atoms with Gasteiger partial charge in [0.25, 0.3) is 5.56 Å². The third-order valence-electron chi connectivity index (χ3n) is 2.85. The van der Waals surface area contributed by atoms with Gasteiger partial charge in [0, 0.05) is 11.8 Å². The second-order valence-corrected chi connectivity index (χ2v) is 5.85. The highest BCUT2D eigenvalue weighted by Crippen LogP contribution is 2.24. The van der Waals surface area contributed by atoms with Crippen LogP contribution < -0.4 is 10.3 Å². The Kier molecular flexibility index (Phi) is 5.43. The van der Waals surface area contributed by atoms with E-state index in [9.17, 15) is 9.00 Å². The van der Waals surface area contributed by atoms with E-state index in [1.54, 1.807) is 37.5 Å². The molecule has 0 aliphatic heterocycles. The monoisotopic (exact) mass is 316 g/mol. The molecule has 2 rings (SSSR count). The zero-order valence-electron chi connectivity index (χ0n) is 12.1. The Hall–Kier alpha value is -2.47. The van der Waals surface area contributed by atoms with Gasteiger partial charge in [-0.2, -0.15) is 5.10 Å². The highest BCUT2D eigenvalue weighted by molar-refractivity contribution is 7.85. The van der Waals surface area contributed by atoms with E-state index in [1.165, 1.54) is 6.07 Å². The zero-order valence-corrected chi connectivity index (χ0v) is 12.9. The van der Waals surface area contributed by atoms with Crippen LogP contribution in [0.2, 0.25) is 0 Å². The molecule has 0 saturated carbocycles. The topological polar surface area (TPSA) is 72.0 Å². The largest absolute Gasteiger partial charge is 0.495 e. The first-order valence-electron chi connectivity index (χ1n) is 6.55. The van der Waals surface area contributed by atoms with Crippen molar-refractivity contribution in [3.63, 3.8) is 0 Å². The van der Waals surface area contributed by atoms with E-state index >= 15 is 0 Å². The summed E-state index contributed by atoms with van der Waals surface area (Å²) in [6.07, 6.45) is 5.20. The van der Waals surface area contributed by atoms with Gasteiger partial charge < -0.3 is 4.74 Å². The lowest BCUT2D eigenvalue weighted by molar-refractivity contribution is 0.404. The van der Waals surface area contributed by atoms with Crippen LogP contribution in [0.15, 0.2) is 52.7 Å². The number of nitrogens with one attached hydrogen (secondary N) is 1. The Labute approximate surface area is 130 Å². The summed E-state index contributed by atoms with van der Waals surface area (Å²) in [4.78, 5) is 11.6. The maximum atomic E-state index is 12.2. The van der Waals surface area contributed by atoms with E-state index < -0.39 is 10.8 Å². The molecule has 5 nitrogen and oxygen atoms in total. The average Bonchev–Trinajstić information content (AvgIpc) is 2.54. The van der Waals surface area contributed by atoms with Crippen LogP contribution in [0.4, 0.5) is 0 Å². The molecule has 0 bridgehead atoms. The molecule has 0 spiro atoms. The normalized spacial score (nSPS) is 12.2. The molecule has 0 aliphatic carbocycles. The fraction of sp³-hybridized carbons (Fsp3) is 0.125. The lowest BCUT2D eigenvalue weighted by atomic mass is 10.2. The number of H-pyrrole nitrogens is 1. The van der Waals surface area contributed by atoms with E-state index in [4.69, 9.17) is 4.74 Å². The molecule has 1 N–H and O–H groups in total. The summed E-state index contributed by atoms with van der Waals surface area (Å²) in [5.74, 6) is 0.949. The highest BCUT2D eigenvalue weighted by atomic mass is 32.2. The molecule has 2 aromatic rings. The molecule has 114 valence electrons. The molecule has 0 amide bonds. The van der Waals surface area contributed by atoms with Gasteiger partial charge in [-0.3, -0.25) is 9.00 Å².